The molecule has 1 atom stereocenters. The van der Waals surface area contributed by atoms with Crippen LogP contribution >= 0.6 is 0 Å². The van der Waals surface area contributed by atoms with Gasteiger partial charge in [0.15, 0.2) is 0 Å². The van der Waals surface area contributed by atoms with Gasteiger partial charge in [-0.25, -0.2) is 19.1 Å². The summed E-state index contributed by atoms with van der Waals surface area (Å²) in [6.45, 7) is 14.4. The number of carbonyl (C=O) groups excluding carboxylic acids is 3. The number of anilines is 2. The molecule has 11 heteroatoms. The number of likely N-dealkylation sites (tertiary alicyclic amines) is 1. The number of amides is 2. The fourth-order valence-corrected chi connectivity index (χ4v) is 5.74. The van der Waals surface area contributed by atoms with Crippen molar-refractivity contribution < 1.29 is 23.9 Å². The number of benzene rings is 1. The minimum Gasteiger partial charge on any atom is -0.444 e. The van der Waals surface area contributed by atoms with Gasteiger partial charge in [-0.2, -0.15) is 0 Å². The van der Waals surface area contributed by atoms with Gasteiger partial charge in [0.25, 0.3) is 5.91 Å². The summed E-state index contributed by atoms with van der Waals surface area (Å²) in [5, 5.41) is 3.71. The van der Waals surface area contributed by atoms with Gasteiger partial charge in [0.1, 0.15) is 17.0 Å². The van der Waals surface area contributed by atoms with Crippen molar-refractivity contribution in [1.29, 1.82) is 0 Å². The second-order valence-corrected chi connectivity index (χ2v) is 13.6. The quantitative estimate of drug-likeness (QED) is 0.392. The number of ether oxygens (including phenoxy) is 2. The Bertz CT molecular complexity index is 1540. The van der Waals surface area contributed by atoms with Gasteiger partial charge >= 0.3 is 12.2 Å². The van der Waals surface area contributed by atoms with E-state index in [1.807, 2.05) is 65.8 Å². The van der Waals surface area contributed by atoms with Crippen LogP contribution in [-0.2, 0) is 9.47 Å². The maximum Gasteiger partial charge on any atom is 0.419 e. The van der Waals surface area contributed by atoms with Crippen LogP contribution < -0.4 is 10.2 Å². The van der Waals surface area contributed by atoms with E-state index in [-0.39, 0.29) is 18.0 Å². The Hall–Kier alpha value is -4.12. The maximum atomic E-state index is 13.5. The molecule has 2 aromatic heterocycles. The van der Waals surface area contributed by atoms with Crippen molar-refractivity contribution in [2.75, 3.05) is 50.0 Å². The predicted octanol–water partition coefficient (Wildman–Crippen LogP) is 5.90. The molecule has 2 amide bonds. The second-order valence-electron chi connectivity index (χ2n) is 13.6. The van der Waals surface area contributed by atoms with Crippen molar-refractivity contribution in [1.82, 2.24) is 19.4 Å². The molecule has 0 spiro atoms. The van der Waals surface area contributed by atoms with Crippen molar-refractivity contribution in [3.8, 4) is 0 Å². The summed E-state index contributed by atoms with van der Waals surface area (Å²) in [5.41, 5.74) is 1.67. The van der Waals surface area contributed by atoms with E-state index in [9.17, 15) is 14.4 Å². The van der Waals surface area contributed by atoms with Crippen molar-refractivity contribution >= 4 is 40.5 Å². The topological polar surface area (TPSA) is 109 Å². The normalized spacial score (nSPS) is 18.0. The van der Waals surface area contributed by atoms with Crippen LogP contribution in [0.5, 0.6) is 0 Å². The van der Waals surface area contributed by atoms with Crippen molar-refractivity contribution in [2.45, 2.75) is 71.6 Å². The van der Waals surface area contributed by atoms with E-state index in [2.05, 4.69) is 27.1 Å². The van der Waals surface area contributed by atoms with Gasteiger partial charge in [-0.15, -0.1) is 0 Å². The summed E-state index contributed by atoms with van der Waals surface area (Å²) in [6, 6.07) is 11.2. The number of carbonyl (C=O) groups is 3. The lowest BCUT2D eigenvalue weighted by molar-refractivity contribution is 0.0240. The van der Waals surface area contributed by atoms with E-state index >= 15 is 0 Å². The largest absolute Gasteiger partial charge is 0.444 e. The number of fused-ring (bicyclic) bond motifs is 1. The molecule has 0 unspecified atom stereocenters. The molecule has 11 nitrogen and oxygen atoms in total. The van der Waals surface area contributed by atoms with E-state index in [1.54, 1.807) is 27.8 Å². The second kappa shape index (κ2) is 12.1. The lowest BCUT2D eigenvalue weighted by atomic mass is 10.1. The minimum absolute atomic E-state index is 0.0849. The molecular formula is C33H44N6O5. The number of piperazine rings is 1. The highest BCUT2D eigenvalue weighted by molar-refractivity contribution is 6.05. The first-order valence-electron chi connectivity index (χ1n) is 15.3. The molecule has 0 aliphatic carbocycles. The SMILES string of the molecule is CN1CCC[C@@H]1c1cc2cnc(NC(=O)c3cccc(N4CCN(C(=O)OC(C)(C)C)CC4)c3)cc2n1C(=O)OC(C)(C)C. The highest BCUT2D eigenvalue weighted by atomic mass is 16.6. The molecule has 2 aliphatic rings. The molecule has 236 valence electrons. The van der Waals surface area contributed by atoms with Crippen LogP contribution in [0.1, 0.15) is 76.5 Å². The number of hydrogen-bond acceptors (Lipinski definition) is 8. The average Bonchev–Trinajstić information content (AvgIpc) is 3.54. The lowest BCUT2D eigenvalue weighted by Gasteiger charge is -2.36. The number of nitrogens with zero attached hydrogens (tertiary/aromatic N) is 5. The summed E-state index contributed by atoms with van der Waals surface area (Å²) >= 11 is 0. The fraction of sp³-hybridized carbons (Fsp3) is 0.515. The maximum absolute atomic E-state index is 13.5. The molecule has 44 heavy (non-hydrogen) atoms. The monoisotopic (exact) mass is 604 g/mol. The van der Waals surface area contributed by atoms with Crippen molar-refractivity contribution in [3.05, 3.63) is 53.9 Å². The van der Waals surface area contributed by atoms with E-state index < -0.39 is 17.3 Å². The molecule has 0 radical (unpaired) electrons. The van der Waals surface area contributed by atoms with Crippen LogP contribution in [0.2, 0.25) is 0 Å². The van der Waals surface area contributed by atoms with E-state index in [4.69, 9.17) is 9.47 Å². The third-order valence-corrected chi connectivity index (χ3v) is 7.80. The molecule has 1 aromatic carbocycles. The van der Waals surface area contributed by atoms with Crippen molar-refractivity contribution in [2.24, 2.45) is 0 Å². The van der Waals surface area contributed by atoms with Crippen LogP contribution in [0.15, 0.2) is 42.6 Å². The Labute approximate surface area is 259 Å². The fourth-order valence-electron chi connectivity index (χ4n) is 5.74. The van der Waals surface area contributed by atoms with Crippen LogP contribution in [0.4, 0.5) is 21.1 Å². The summed E-state index contributed by atoms with van der Waals surface area (Å²) < 4.78 is 12.9. The van der Waals surface area contributed by atoms with Crippen molar-refractivity contribution in [3.63, 3.8) is 0 Å². The first-order valence-corrected chi connectivity index (χ1v) is 15.3. The van der Waals surface area contributed by atoms with Gasteiger partial charge in [0.2, 0.25) is 0 Å². The zero-order valence-corrected chi connectivity index (χ0v) is 26.8. The highest BCUT2D eigenvalue weighted by Gasteiger charge is 2.31. The highest BCUT2D eigenvalue weighted by Crippen LogP contribution is 2.35. The standard InChI is InChI=1S/C33H44N6O5/c1-32(2,3)43-30(41)38-16-14-37(15-17-38)24-11-8-10-22(18-24)29(40)35-28-20-26-23(21-34-28)19-27(25-12-9-13-36(25)7)39(26)31(42)44-33(4,5)6/h8,10-11,18-21,25H,9,12-17H2,1-7H3,(H,34,35,40)/t25-/m1/s1. The third kappa shape index (κ3) is 7.15. The molecule has 0 saturated carbocycles. The van der Waals surface area contributed by atoms with E-state index in [0.717, 1.165) is 36.2 Å². The van der Waals surface area contributed by atoms with Gasteiger partial charge < -0.3 is 24.6 Å². The summed E-state index contributed by atoms with van der Waals surface area (Å²) in [5.74, 6) is 0.0327. The smallest absolute Gasteiger partial charge is 0.419 e. The number of rotatable bonds is 4. The Morgan fingerprint density at radius 1 is 0.886 bits per heavy atom. The van der Waals surface area contributed by atoms with Gasteiger partial charge in [0.05, 0.1) is 11.6 Å². The molecule has 3 aromatic rings. The third-order valence-electron chi connectivity index (χ3n) is 7.80. The lowest BCUT2D eigenvalue weighted by Crippen LogP contribution is -2.50. The van der Waals surface area contributed by atoms with Crippen LogP contribution in [-0.4, -0.2) is 88.4 Å². The molecule has 2 saturated heterocycles. The predicted molar refractivity (Wildman–Crippen MR) is 170 cm³/mol. The Morgan fingerprint density at radius 2 is 1.57 bits per heavy atom. The average molecular weight is 605 g/mol. The zero-order valence-electron chi connectivity index (χ0n) is 26.8. The van der Waals surface area contributed by atoms with Gasteiger partial charge in [-0.1, -0.05) is 6.07 Å². The zero-order chi connectivity index (χ0) is 31.8. The molecular weight excluding hydrogens is 560 g/mol. The van der Waals surface area contributed by atoms with Gasteiger partial charge in [-0.05, 0) is 92.2 Å². The van der Waals surface area contributed by atoms with Crippen LogP contribution in [0.25, 0.3) is 10.9 Å². The van der Waals surface area contributed by atoms with E-state index in [0.29, 0.717) is 43.1 Å². The molecule has 0 bridgehead atoms. The minimum atomic E-state index is -0.663. The molecule has 5 rings (SSSR count). The van der Waals surface area contributed by atoms with Gasteiger partial charge in [-0.3, -0.25) is 9.69 Å². The van der Waals surface area contributed by atoms with E-state index in [1.165, 1.54) is 0 Å². The molecule has 2 aliphatic heterocycles. The number of hydrogen-bond donors (Lipinski definition) is 1. The first-order chi connectivity index (χ1) is 20.7. The molecule has 4 heterocycles. The summed E-state index contributed by atoms with van der Waals surface area (Å²) in [4.78, 5) is 49.9. The van der Waals surface area contributed by atoms with Crippen LogP contribution in [0.3, 0.4) is 0 Å². The summed E-state index contributed by atoms with van der Waals surface area (Å²) in [7, 11) is 2.06. The molecule has 1 N–H and O–H groups in total. The number of aromatic nitrogens is 2. The number of nitrogens with one attached hydrogen (secondary N) is 1. The Kier molecular flexibility index (Phi) is 8.62. The Morgan fingerprint density at radius 3 is 2.20 bits per heavy atom. The first kappa shape index (κ1) is 31.3. The Balaban J connectivity index is 1.33. The molecule has 2 fully saturated rings. The number of pyridine rings is 1. The van der Waals surface area contributed by atoms with Crippen LogP contribution in [0, 0.1) is 0 Å². The summed E-state index contributed by atoms with van der Waals surface area (Å²) in [6.07, 6.45) is 2.92. The van der Waals surface area contributed by atoms with Gasteiger partial charge in [0, 0.05) is 60.8 Å².